The molecule has 21 heavy (non-hydrogen) atoms. The van der Waals surface area contributed by atoms with Crippen LogP contribution < -0.4 is 10.6 Å². The fourth-order valence-electron chi connectivity index (χ4n) is 2.92. The van der Waals surface area contributed by atoms with Gasteiger partial charge in [-0.05, 0) is 25.0 Å². The van der Waals surface area contributed by atoms with Crippen molar-refractivity contribution in [2.45, 2.75) is 31.2 Å². The molecule has 7 nitrogen and oxygen atoms in total. The first-order valence-electron chi connectivity index (χ1n) is 6.95. The first-order chi connectivity index (χ1) is 10.1. The molecule has 2 fully saturated rings. The van der Waals surface area contributed by atoms with E-state index in [1.807, 2.05) is 0 Å². The van der Waals surface area contributed by atoms with Gasteiger partial charge >= 0.3 is 6.03 Å². The summed E-state index contributed by atoms with van der Waals surface area (Å²) in [5.41, 5.74) is -0.189. The molecule has 110 valence electrons. The highest BCUT2D eigenvalue weighted by Crippen LogP contribution is 2.34. The van der Waals surface area contributed by atoms with Gasteiger partial charge in [0, 0.05) is 18.1 Å². The Labute approximate surface area is 121 Å². The highest BCUT2D eigenvalue weighted by molar-refractivity contribution is 6.10. The first-order valence-corrected chi connectivity index (χ1v) is 6.95. The molecule has 2 aliphatic rings. The standard InChI is InChI=1S/C14H16N4O3/c19-11(16-10-3-7-15-8-4-10)9-18-12(20)14(17-13(18)21)5-1-2-6-14/h3-4,7-8H,1-2,5-6,9H2,(H,17,21)(H,15,16,19). The topological polar surface area (TPSA) is 91.4 Å². The number of pyridine rings is 1. The van der Waals surface area contributed by atoms with Gasteiger partial charge in [-0.3, -0.25) is 19.5 Å². The van der Waals surface area contributed by atoms with E-state index in [0.717, 1.165) is 17.7 Å². The average molecular weight is 288 g/mol. The normalized spacial score (nSPS) is 19.9. The van der Waals surface area contributed by atoms with Gasteiger partial charge in [0.05, 0.1) is 0 Å². The van der Waals surface area contributed by atoms with Crippen LogP contribution in [0.25, 0.3) is 0 Å². The van der Waals surface area contributed by atoms with Gasteiger partial charge in [-0.25, -0.2) is 4.79 Å². The van der Waals surface area contributed by atoms with E-state index in [0.29, 0.717) is 18.5 Å². The third kappa shape index (κ3) is 2.46. The summed E-state index contributed by atoms with van der Waals surface area (Å²) in [6, 6.07) is 2.80. The summed E-state index contributed by atoms with van der Waals surface area (Å²) in [4.78, 5) is 41.1. The Morgan fingerprint density at radius 3 is 2.62 bits per heavy atom. The highest BCUT2D eigenvalue weighted by Gasteiger charge is 2.52. The van der Waals surface area contributed by atoms with E-state index in [4.69, 9.17) is 0 Å². The lowest BCUT2D eigenvalue weighted by Gasteiger charge is -2.19. The molecule has 1 saturated carbocycles. The Balaban J connectivity index is 1.66. The van der Waals surface area contributed by atoms with Crippen LogP contribution in [0.4, 0.5) is 10.5 Å². The van der Waals surface area contributed by atoms with Crippen molar-refractivity contribution in [1.29, 1.82) is 0 Å². The molecule has 1 aromatic rings. The number of rotatable bonds is 3. The summed E-state index contributed by atoms with van der Waals surface area (Å²) < 4.78 is 0. The molecule has 2 N–H and O–H groups in total. The molecule has 3 rings (SSSR count). The second kappa shape index (κ2) is 5.16. The summed E-state index contributed by atoms with van der Waals surface area (Å²) in [7, 11) is 0. The lowest BCUT2D eigenvalue weighted by atomic mass is 9.98. The molecule has 1 aliphatic heterocycles. The van der Waals surface area contributed by atoms with Crippen molar-refractivity contribution < 1.29 is 14.4 Å². The number of hydrogen-bond acceptors (Lipinski definition) is 4. The van der Waals surface area contributed by atoms with Gasteiger partial charge in [-0.2, -0.15) is 0 Å². The zero-order valence-corrected chi connectivity index (χ0v) is 11.5. The number of aromatic nitrogens is 1. The number of imide groups is 1. The van der Waals surface area contributed by atoms with Crippen LogP contribution >= 0.6 is 0 Å². The molecule has 1 aliphatic carbocycles. The predicted molar refractivity (Wildman–Crippen MR) is 74.3 cm³/mol. The molecular weight excluding hydrogens is 272 g/mol. The monoisotopic (exact) mass is 288 g/mol. The molecule has 0 atom stereocenters. The third-order valence-corrected chi connectivity index (χ3v) is 3.97. The molecule has 0 bridgehead atoms. The van der Waals surface area contributed by atoms with Crippen molar-refractivity contribution >= 4 is 23.5 Å². The molecular formula is C14H16N4O3. The van der Waals surface area contributed by atoms with Gasteiger partial charge in [0.2, 0.25) is 5.91 Å². The van der Waals surface area contributed by atoms with Crippen molar-refractivity contribution in [2.75, 3.05) is 11.9 Å². The Morgan fingerprint density at radius 2 is 1.95 bits per heavy atom. The summed E-state index contributed by atoms with van der Waals surface area (Å²) in [6.45, 7) is -0.269. The summed E-state index contributed by atoms with van der Waals surface area (Å²) in [6.07, 6.45) is 6.25. The van der Waals surface area contributed by atoms with E-state index in [-0.39, 0.29) is 12.5 Å². The molecule has 7 heteroatoms. The van der Waals surface area contributed by atoms with Gasteiger partial charge in [0.1, 0.15) is 12.1 Å². The van der Waals surface area contributed by atoms with Gasteiger partial charge in [-0.15, -0.1) is 0 Å². The molecule has 1 spiro atoms. The number of nitrogens with one attached hydrogen (secondary N) is 2. The second-order valence-electron chi connectivity index (χ2n) is 5.39. The van der Waals surface area contributed by atoms with E-state index in [1.165, 1.54) is 0 Å². The van der Waals surface area contributed by atoms with Crippen molar-refractivity contribution in [3.63, 3.8) is 0 Å². The molecule has 2 heterocycles. The van der Waals surface area contributed by atoms with Crippen LogP contribution in [0.5, 0.6) is 0 Å². The maximum atomic E-state index is 12.4. The lowest BCUT2D eigenvalue weighted by molar-refractivity contribution is -0.133. The number of nitrogens with zero attached hydrogens (tertiary/aromatic N) is 2. The van der Waals surface area contributed by atoms with Crippen LogP contribution in [0.15, 0.2) is 24.5 Å². The van der Waals surface area contributed by atoms with Crippen LogP contribution in [-0.2, 0) is 9.59 Å². The zero-order valence-electron chi connectivity index (χ0n) is 11.5. The number of anilines is 1. The minimum absolute atomic E-state index is 0.269. The average Bonchev–Trinajstić information content (AvgIpc) is 3.02. The fourth-order valence-corrected chi connectivity index (χ4v) is 2.92. The predicted octanol–water partition coefficient (Wildman–Crippen LogP) is 0.885. The van der Waals surface area contributed by atoms with Crippen LogP contribution in [0.1, 0.15) is 25.7 Å². The maximum absolute atomic E-state index is 12.4. The minimum Gasteiger partial charge on any atom is -0.324 e. The third-order valence-electron chi connectivity index (χ3n) is 3.97. The van der Waals surface area contributed by atoms with Gasteiger partial charge < -0.3 is 10.6 Å². The Morgan fingerprint density at radius 1 is 1.29 bits per heavy atom. The second-order valence-corrected chi connectivity index (χ2v) is 5.39. The number of carbonyl (C=O) groups excluding carboxylic acids is 3. The Bertz CT molecular complexity index is 581. The van der Waals surface area contributed by atoms with Crippen LogP contribution in [0.3, 0.4) is 0 Å². The van der Waals surface area contributed by atoms with E-state index >= 15 is 0 Å². The Kier molecular flexibility index (Phi) is 3.32. The van der Waals surface area contributed by atoms with E-state index in [1.54, 1.807) is 24.5 Å². The number of amides is 4. The minimum atomic E-state index is -0.770. The van der Waals surface area contributed by atoms with Crippen LogP contribution in [-0.4, -0.2) is 39.8 Å². The van der Waals surface area contributed by atoms with E-state index < -0.39 is 17.5 Å². The van der Waals surface area contributed by atoms with Gasteiger partial charge in [-0.1, -0.05) is 12.8 Å². The molecule has 0 aromatic carbocycles. The Hall–Kier alpha value is -2.44. The fraction of sp³-hybridized carbons (Fsp3) is 0.429. The largest absolute Gasteiger partial charge is 0.325 e. The molecule has 1 aromatic heterocycles. The zero-order chi connectivity index (χ0) is 14.9. The first kappa shape index (κ1) is 13.5. The lowest BCUT2D eigenvalue weighted by Crippen LogP contribution is -2.44. The van der Waals surface area contributed by atoms with Crippen LogP contribution in [0.2, 0.25) is 0 Å². The van der Waals surface area contributed by atoms with Crippen molar-refractivity contribution in [1.82, 2.24) is 15.2 Å². The van der Waals surface area contributed by atoms with Crippen molar-refractivity contribution in [2.24, 2.45) is 0 Å². The quantitative estimate of drug-likeness (QED) is 0.808. The SMILES string of the molecule is O=C(CN1C(=O)NC2(CCCC2)C1=O)Nc1ccncc1. The molecule has 4 amide bonds. The van der Waals surface area contributed by atoms with E-state index in [9.17, 15) is 14.4 Å². The van der Waals surface area contributed by atoms with Gasteiger partial charge in [0.15, 0.2) is 0 Å². The van der Waals surface area contributed by atoms with E-state index in [2.05, 4.69) is 15.6 Å². The number of hydrogen-bond donors (Lipinski definition) is 2. The number of carbonyl (C=O) groups is 3. The van der Waals surface area contributed by atoms with Gasteiger partial charge in [0.25, 0.3) is 5.91 Å². The summed E-state index contributed by atoms with van der Waals surface area (Å²) in [5.74, 6) is -0.686. The van der Waals surface area contributed by atoms with Crippen molar-refractivity contribution in [3.8, 4) is 0 Å². The number of urea groups is 1. The molecule has 0 unspecified atom stereocenters. The summed E-state index contributed by atoms with van der Waals surface area (Å²) in [5, 5.41) is 5.38. The molecule has 0 radical (unpaired) electrons. The van der Waals surface area contributed by atoms with Crippen LogP contribution in [0, 0.1) is 0 Å². The maximum Gasteiger partial charge on any atom is 0.325 e. The molecule has 1 saturated heterocycles. The summed E-state index contributed by atoms with van der Waals surface area (Å²) >= 11 is 0. The van der Waals surface area contributed by atoms with Crippen molar-refractivity contribution in [3.05, 3.63) is 24.5 Å². The smallest absolute Gasteiger partial charge is 0.324 e. The highest BCUT2D eigenvalue weighted by atomic mass is 16.2.